The van der Waals surface area contributed by atoms with Gasteiger partial charge in [0.15, 0.2) is 0 Å². The van der Waals surface area contributed by atoms with Gasteiger partial charge in [0.1, 0.15) is 0 Å². The molecule has 0 aliphatic rings. The summed E-state index contributed by atoms with van der Waals surface area (Å²) < 4.78 is 26.4. The Bertz CT molecular complexity index is 693. The van der Waals surface area contributed by atoms with Crippen LogP contribution >= 0.6 is 11.3 Å². The van der Waals surface area contributed by atoms with E-state index in [1.54, 1.807) is 23.5 Å². The molecule has 2 rings (SSSR count). The number of rotatable bonds is 8. The summed E-state index contributed by atoms with van der Waals surface area (Å²) in [6.07, 6.45) is 0. The highest BCUT2D eigenvalue weighted by molar-refractivity contribution is 7.89. The van der Waals surface area contributed by atoms with Crippen LogP contribution in [-0.2, 0) is 16.6 Å². The van der Waals surface area contributed by atoms with Crippen LogP contribution in [0.1, 0.15) is 38.1 Å². The summed E-state index contributed by atoms with van der Waals surface area (Å²) in [7, 11) is -3.39. The predicted molar refractivity (Wildman–Crippen MR) is 93.9 cm³/mol. The molecule has 0 bridgehead atoms. The van der Waals surface area contributed by atoms with E-state index in [0.717, 1.165) is 11.3 Å². The van der Waals surface area contributed by atoms with Gasteiger partial charge >= 0.3 is 0 Å². The van der Waals surface area contributed by atoms with Crippen LogP contribution in [0.4, 0.5) is 0 Å². The molecule has 126 valence electrons. The lowest BCUT2D eigenvalue weighted by Gasteiger charge is -2.19. The number of sulfonamides is 1. The van der Waals surface area contributed by atoms with Gasteiger partial charge in [-0.1, -0.05) is 26.0 Å². The van der Waals surface area contributed by atoms with Gasteiger partial charge in [-0.3, -0.25) is 0 Å². The third kappa shape index (κ3) is 4.38. The van der Waals surface area contributed by atoms with E-state index in [1.807, 2.05) is 36.9 Å². The Morgan fingerprint density at radius 3 is 2.39 bits per heavy atom. The van der Waals surface area contributed by atoms with Gasteiger partial charge in [0.25, 0.3) is 0 Å². The number of aromatic nitrogens is 1. The Labute approximate surface area is 142 Å². The van der Waals surface area contributed by atoms with E-state index in [4.69, 9.17) is 0 Å². The van der Waals surface area contributed by atoms with Gasteiger partial charge in [0.05, 0.1) is 16.1 Å². The maximum atomic E-state index is 12.5. The molecule has 1 atom stereocenters. The molecular weight excluding hydrogens is 330 g/mol. The molecule has 0 radical (unpaired) electrons. The summed E-state index contributed by atoms with van der Waals surface area (Å²) in [6, 6.07) is 7.24. The zero-order valence-corrected chi connectivity index (χ0v) is 15.3. The normalized spacial score (nSPS) is 13.4. The molecular formula is C16H23N3O2S2. The average molecular weight is 354 g/mol. The van der Waals surface area contributed by atoms with Crippen molar-refractivity contribution in [1.82, 2.24) is 14.6 Å². The molecule has 2 aromatic rings. The van der Waals surface area contributed by atoms with Crippen molar-refractivity contribution in [2.75, 3.05) is 13.1 Å². The number of nitrogens with zero attached hydrogens (tertiary/aromatic N) is 2. The van der Waals surface area contributed by atoms with E-state index in [0.29, 0.717) is 24.5 Å². The summed E-state index contributed by atoms with van der Waals surface area (Å²) in [5, 5.41) is 5.40. The number of nitrogens with one attached hydrogen (secondary N) is 1. The van der Waals surface area contributed by atoms with Crippen molar-refractivity contribution in [3.05, 3.63) is 46.4 Å². The molecule has 0 spiro atoms. The van der Waals surface area contributed by atoms with Crippen molar-refractivity contribution < 1.29 is 8.42 Å². The molecule has 0 aliphatic heterocycles. The number of thiazole rings is 1. The van der Waals surface area contributed by atoms with Gasteiger partial charge in [-0.25, -0.2) is 13.4 Å². The Morgan fingerprint density at radius 2 is 1.87 bits per heavy atom. The van der Waals surface area contributed by atoms with Crippen LogP contribution in [0, 0.1) is 0 Å². The SMILES string of the molecule is CCN(CC)S(=O)(=O)c1ccc(C(C)NCc2cscn2)cc1. The van der Waals surface area contributed by atoms with Crippen LogP contribution in [0.25, 0.3) is 0 Å². The van der Waals surface area contributed by atoms with Crippen molar-refractivity contribution in [3.8, 4) is 0 Å². The first kappa shape index (κ1) is 18.1. The third-order valence-corrected chi connectivity index (χ3v) is 6.50. The minimum Gasteiger partial charge on any atom is -0.305 e. The highest BCUT2D eigenvalue weighted by atomic mass is 32.2. The zero-order chi connectivity index (χ0) is 16.9. The van der Waals surface area contributed by atoms with Crippen LogP contribution in [-0.4, -0.2) is 30.8 Å². The summed E-state index contributed by atoms with van der Waals surface area (Å²) in [4.78, 5) is 4.58. The van der Waals surface area contributed by atoms with Crippen LogP contribution in [0.15, 0.2) is 40.1 Å². The summed E-state index contributed by atoms with van der Waals surface area (Å²) >= 11 is 1.58. The lowest BCUT2D eigenvalue weighted by atomic mass is 10.1. The second-order valence-electron chi connectivity index (χ2n) is 5.24. The Morgan fingerprint density at radius 1 is 1.22 bits per heavy atom. The first-order chi connectivity index (χ1) is 11.0. The lowest BCUT2D eigenvalue weighted by molar-refractivity contribution is 0.445. The largest absolute Gasteiger partial charge is 0.305 e. The highest BCUT2D eigenvalue weighted by Crippen LogP contribution is 2.19. The highest BCUT2D eigenvalue weighted by Gasteiger charge is 2.21. The minimum absolute atomic E-state index is 0.127. The number of benzene rings is 1. The van der Waals surface area contributed by atoms with Crippen molar-refractivity contribution >= 4 is 21.4 Å². The molecule has 1 aromatic carbocycles. The topological polar surface area (TPSA) is 62.3 Å². The third-order valence-electron chi connectivity index (χ3n) is 3.80. The Hall–Kier alpha value is -1.28. The van der Waals surface area contributed by atoms with Crippen LogP contribution in [0.5, 0.6) is 0 Å². The number of hydrogen-bond donors (Lipinski definition) is 1. The first-order valence-electron chi connectivity index (χ1n) is 7.69. The molecule has 0 fully saturated rings. The molecule has 0 amide bonds. The van der Waals surface area contributed by atoms with Crippen molar-refractivity contribution in [1.29, 1.82) is 0 Å². The molecule has 1 unspecified atom stereocenters. The van der Waals surface area contributed by atoms with Crippen molar-refractivity contribution in [2.24, 2.45) is 0 Å². The fourth-order valence-electron chi connectivity index (χ4n) is 2.34. The lowest BCUT2D eigenvalue weighted by Crippen LogP contribution is -2.30. The molecule has 1 aromatic heterocycles. The fourth-order valence-corrected chi connectivity index (χ4v) is 4.36. The second kappa shape index (κ2) is 8.01. The smallest absolute Gasteiger partial charge is 0.243 e. The van der Waals surface area contributed by atoms with E-state index in [9.17, 15) is 8.42 Å². The molecule has 0 saturated carbocycles. The summed E-state index contributed by atoms with van der Waals surface area (Å²) in [5.41, 5.74) is 3.88. The maximum absolute atomic E-state index is 12.5. The average Bonchev–Trinajstić information content (AvgIpc) is 3.07. The standard InChI is InChI=1S/C16H23N3O2S2/c1-4-19(5-2)23(20,21)16-8-6-14(7-9-16)13(3)17-10-15-11-22-12-18-15/h6-9,11-13,17H,4-5,10H2,1-3H3. The zero-order valence-electron chi connectivity index (χ0n) is 13.7. The van der Waals surface area contributed by atoms with E-state index in [1.165, 1.54) is 4.31 Å². The van der Waals surface area contributed by atoms with Crippen LogP contribution in [0.2, 0.25) is 0 Å². The molecule has 0 saturated heterocycles. The monoisotopic (exact) mass is 353 g/mol. The molecule has 23 heavy (non-hydrogen) atoms. The first-order valence-corrected chi connectivity index (χ1v) is 10.1. The van der Waals surface area contributed by atoms with Gasteiger partial charge in [-0.2, -0.15) is 4.31 Å². The van der Waals surface area contributed by atoms with E-state index in [2.05, 4.69) is 17.2 Å². The Kier molecular flexibility index (Phi) is 6.29. The van der Waals surface area contributed by atoms with Crippen molar-refractivity contribution in [2.45, 2.75) is 38.3 Å². The van der Waals surface area contributed by atoms with Gasteiger partial charge in [0, 0.05) is 31.1 Å². The van der Waals surface area contributed by atoms with Gasteiger partial charge in [0.2, 0.25) is 10.0 Å². The van der Waals surface area contributed by atoms with E-state index in [-0.39, 0.29) is 6.04 Å². The maximum Gasteiger partial charge on any atom is 0.243 e. The van der Waals surface area contributed by atoms with Crippen molar-refractivity contribution in [3.63, 3.8) is 0 Å². The van der Waals surface area contributed by atoms with E-state index >= 15 is 0 Å². The Balaban J connectivity index is 2.06. The van der Waals surface area contributed by atoms with Gasteiger partial charge < -0.3 is 5.32 Å². The quantitative estimate of drug-likeness (QED) is 0.792. The number of hydrogen-bond acceptors (Lipinski definition) is 5. The second-order valence-corrected chi connectivity index (χ2v) is 7.90. The molecule has 1 N–H and O–H groups in total. The van der Waals surface area contributed by atoms with Crippen LogP contribution in [0.3, 0.4) is 0 Å². The summed E-state index contributed by atoms with van der Waals surface area (Å²) in [6.45, 7) is 7.41. The molecule has 1 heterocycles. The molecule has 7 heteroatoms. The van der Waals surface area contributed by atoms with Crippen LogP contribution < -0.4 is 5.32 Å². The van der Waals surface area contributed by atoms with E-state index < -0.39 is 10.0 Å². The summed E-state index contributed by atoms with van der Waals surface area (Å²) in [5.74, 6) is 0. The predicted octanol–water partition coefficient (Wildman–Crippen LogP) is 3.02. The minimum atomic E-state index is -3.39. The van der Waals surface area contributed by atoms with Gasteiger partial charge in [-0.05, 0) is 24.6 Å². The molecule has 5 nitrogen and oxygen atoms in total. The van der Waals surface area contributed by atoms with Gasteiger partial charge in [-0.15, -0.1) is 11.3 Å². The molecule has 0 aliphatic carbocycles. The fraction of sp³-hybridized carbons (Fsp3) is 0.438.